The zero-order chi connectivity index (χ0) is 15.3. The van der Waals surface area contributed by atoms with Gasteiger partial charge in [-0.15, -0.1) is 0 Å². The number of urea groups is 1. The van der Waals surface area contributed by atoms with Gasteiger partial charge in [-0.25, -0.2) is 4.79 Å². The monoisotopic (exact) mass is 292 g/mol. The van der Waals surface area contributed by atoms with Crippen molar-refractivity contribution in [2.24, 2.45) is 5.41 Å². The van der Waals surface area contributed by atoms with Crippen LogP contribution in [0.5, 0.6) is 5.75 Å². The van der Waals surface area contributed by atoms with E-state index in [4.69, 9.17) is 4.74 Å². The summed E-state index contributed by atoms with van der Waals surface area (Å²) in [6.45, 7) is 5.34. The van der Waals surface area contributed by atoms with E-state index in [0.717, 1.165) is 36.3 Å². The molecule has 0 heterocycles. The SMILES string of the molecule is CCCOc1ccc(NC(=O)NCC2(CO)CC2)c(C)c1. The maximum atomic E-state index is 11.9. The Morgan fingerprint density at radius 3 is 2.76 bits per heavy atom. The highest BCUT2D eigenvalue weighted by molar-refractivity contribution is 5.90. The van der Waals surface area contributed by atoms with Crippen LogP contribution in [0.4, 0.5) is 10.5 Å². The van der Waals surface area contributed by atoms with E-state index < -0.39 is 0 Å². The predicted molar refractivity (Wildman–Crippen MR) is 82.7 cm³/mol. The fraction of sp³-hybridized carbons (Fsp3) is 0.562. The molecule has 1 aromatic carbocycles. The molecule has 1 saturated carbocycles. The number of hydrogen-bond donors (Lipinski definition) is 3. The summed E-state index contributed by atoms with van der Waals surface area (Å²) in [5.41, 5.74) is 1.65. The lowest BCUT2D eigenvalue weighted by molar-refractivity contribution is 0.206. The Bertz CT molecular complexity index is 498. The van der Waals surface area contributed by atoms with Crippen LogP contribution in [-0.4, -0.2) is 30.9 Å². The summed E-state index contributed by atoms with van der Waals surface area (Å²) in [5.74, 6) is 0.817. The second-order valence-corrected chi connectivity index (χ2v) is 5.79. The highest BCUT2D eigenvalue weighted by Crippen LogP contribution is 2.44. The topological polar surface area (TPSA) is 70.6 Å². The number of hydrogen-bond acceptors (Lipinski definition) is 3. The van der Waals surface area contributed by atoms with E-state index >= 15 is 0 Å². The van der Waals surface area contributed by atoms with E-state index in [1.807, 2.05) is 25.1 Å². The Balaban J connectivity index is 1.85. The highest BCUT2D eigenvalue weighted by atomic mass is 16.5. The zero-order valence-electron chi connectivity index (χ0n) is 12.7. The van der Waals surface area contributed by atoms with Crippen molar-refractivity contribution >= 4 is 11.7 Å². The summed E-state index contributed by atoms with van der Waals surface area (Å²) in [4.78, 5) is 11.9. The summed E-state index contributed by atoms with van der Waals surface area (Å²) < 4.78 is 5.55. The van der Waals surface area contributed by atoms with Crippen molar-refractivity contribution in [1.29, 1.82) is 0 Å². The summed E-state index contributed by atoms with van der Waals surface area (Å²) in [6.07, 6.45) is 2.92. The average molecular weight is 292 g/mol. The number of aryl methyl sites for hydroxylation is 1. The van der Waals surface area contributed by atoms with Crippen molar-refractivity contribution in [3.05, 3.63) is 23.8 Å². The van der Waals surface area contributed by atoms with Crippen molar-refractivity contribution in [1.82, 2.24) is 5.32 Å². The van der Waals surface area contributed by atoms with Gasteiger partial charge in [0.05, 0.1) is 13.2 Å². The first-order valence-electron chi connectivity index (χ1n) is 7.48. The molecule has 5 nitrogen and oxygen atoms in total. The molecule has 2 amide bonds. The number of carbonyl (C=O) groups excluding carboxylic acids is 1. The first-order chi connectivity index (χ1) is 10.1. The lowest BCUT2D eigenvalue weighted by atomic mass is 10.1. The molecule has 116 valence electrons. The Morgan fingerprint density at radius 1 is 1.43 bits per heavy atom. The molecule has 1 aliphatic rings. The van der Waals surface area contributed by atoms with Gasteiger partial charge in [-0.3, -0.25) is 0 Å². The molecule has 1 aliphatic carbocycles. The number of rotatable bonds is 7. The van der Waals surface area contributed by atoms with E-state index in [1.54, 1.807) is 0 Å². The quantitative estimate of drug-likeness (QED) is 0.723. The molecule has 1 aromatic rings. The molecule has 0 aromatic heterocycles. The van der Waals surface area contributed by atoms with Gasteiger partial charge in [-0.05, 0) is 49.9 Å². The van der Waals surface area contributed by atoms with Crippen LogP contribution in [0.1, 0.15) is 31.7 Å². The molecule has 0 unspecified atom stereocenters. The first kappa shape index (κ1) is 15.6. The average Bonchev–Trinajstić information content (AvgIpc) is 3.26. The minimum atomic E-state index is -0.236. The third-order valence-electron chi connectivity index (χ3n) is 3.84. The second kappa shape index (κ2) is 6.80. The third kappa shape index (κ3) is 4.36. The van der Waals surface area contributed by atoms with Gasteiger partial charge in [-0.1, -0.05) is 6.92 Å². The lowest BCUT2D eigenvalue weighted by Gasteiger charge is -2.15. The number of anilines is 1. The van der Waals surface area contributed by atoms with Crippen LogP contribution < -0.4 is 15.4 Å². The summed E-state index contributed by atoms with van der Waals surface area (Å²) in [5, 5.41) is 14.9. The third-order valence-corrected chi connectivity index (χ3v) is 3.84. The minimum absolute atomic E-state index is 0.0791. The molecule has 0 saturated heterocycles. The number of ether oxygens (including phenoxy) is 1. The molecule has 0 aliphatic heterocycles. The Morgan fingerprint density at radius 2 is 2.19 bits per heavy atom. The molecule has 0 atom stereocenters. The van der Waals surface area contributed by atoms with E-state index in [2.05, 4.69) is 17.6 Å². The molecular weight excluding hydrogens is 268 g/mol. The van der Waals surface area contributed by atoms with Crippen molar-refractivity contribution in [3.63, 3.8) is 0 Å². The fourth-order valence-corrected chi connectivity index (χ4v) is 2.09. The maximum Gasteiger partial charge on any atom is 0.319 e. The molecule has 5 heteroatoms. The standard InChI is InChI=1S/C16H24N2O3/c1-3-8-21-13-4-5-14(12(2)9-13)18-15(20)17-10-16(11-19)6-7-16/h4-5,9,19H,3,6-8,10-11H2,1-2H3,(H2,17,18,20). The zero-order valence-corrected chi connectivity index (χ0v) is 12.7. The van der Waals surface area contributed by atoms with E-state index in [0.29, 0.717) is 13.2 Å². The van der Waals surface area contributed by atoms with Crippen LogP contribution in [0.2, 0.25) is 0 Å². The highest BCUT2D eigenvalue weighted by Gasteiger charge is 2.42. The number of benzene rings is 1. The molecule has 0 radical (unpaired) electrons. The first-order valence-corrected chi connectivity index (χ1v) is 7.48. The Hall–Kier alpha value is -1.75. The van der Waals surface area contributed by atoms with Gasteiger partial charge in [0.1, 0.15) is 5.75 Å². The van der Waals surface area contributed by atoms with Crippen LogP contribution in [-0.2, 0) is 0 Å². The van der Waals surface area contributed by atoms with Gasteiger partial charge in [-0.2, -0.15) is 0 Å². The van der Waals surface area contributed by atoms with Crippen LogP contribution >= 0.6 is 0 Å². The number of aliphatic hydroxyl groups is 1. The summed E-state index contributed by atoms with van der Waals surface area (Å²) in [6, 6.07) is 5.38. The van der Waals surface area contributed by atoms with Gasteiger partial charge in [0.25, 0.3) is 0 Å². The van der Waals surface area contributed by atoms with Crippen LogP contribution in [0.25, 0.3) is 0 Å². The van der Waals surface area contributed by atoms with E-state index in [9.17, 15) is 9.90 Å². The van der Waals surface area contributed by atoms with Crippen molar-refractivity contribution in [2.45, 2.75) is 33.1 Å². The molecule has 0 bridgehead atoms. The molecule has 2 rings (SSSR count). The smallest absolute Gasteiger partial charge is 0.319 e. The van der Waals surface area contributed by atoms with Crippen LogP contribution in [0.15, 0.2) is 18.2 Å². The van der Waals surface area contributed by atoms with E-state index in [-0.39, 0.29) is 18.1 Å². The van der Waals surface area contributed by atoms with Gasteiger partial charge < -0.3 is 20.5 Å². The van der Waals surface area contributed by atoms with Gasteiger partial charge in [0, 0.05) is 17.6 Å². The lowest BCUT2D eigenvalue weighted by Crippen LogP contribution is -2.35. The molecule has 1 fully saturated rings. The van der Waals surface area contributed by atoms with Crippen LogP contribution in [0, 0.1) is 12.3 Å². The summed E-state index contributed by atoms with van der Waals surface area (Å²) >= 11 is 0. The minimum Gasteiger partial charge on any atom is -0.494 e. The number of nitrogens with one attached hydrogen (secondary N) is 2. The molecule has 21 heavy (non-hydrogen) atoms. The molecule has 3 N–H and O–H groups in total. The van der Waals surface area contributed by atoms with Crippen molar-refractivity contribution in [3.8, 4) is 5.75 Å². The summed E-state index contributed by atoms with van der Waals surface area (Å²) in [7, 11) is 0. The predicted octanol–water partition coefficient (Wildman–Crippen LogP) is 2.68. The Labute approximate surface area is 125 Å². The van der Waals surface area contributed by atoms with Gasteiger partial charge >= 0.3 is 6.03 Å². The largest absolute Gasteiger partial charge is 0.494 e. The molecule has 0 spiro atoms. The number of amides is 2. The van der Waals surface area contributed by atoms with Gasteiger partial charge in [0.15, 0.2) is 0 Å². The second-order valence-electron chi connectivity index (χ2n) is 5.79. The maximum absolute atomic E-state index is 11.9. The Kier molecular flexibility index (Phi) is 5.07. The van der Waals surface area contributed by atoms with Crippen molar-refractivity contribution in [2.75, 3.05) is 25.1 Å². The normalized spacial score (nSPS) is 15.4. The number of aliphatic hydroxyl groups excluding tert-OH is 1. The van der Waals surface area contributed by atoms with Crippen LogP contribution in [0.3, 0.4) is 0 Å². The molecular formula is C16H24N2O3. The van der Waals surface area contributed by atoms with Crippen molar-refractivity contribution < 1.29 is 14.6 Å². The number of carbonyl (C=O) groups is 1. The fourth-order valence-electron chi connectivity index (χ4n) is 2.09. The van der Waals surface area contributed by atoms with E-state index in [1.165, 1.54) is 0 Å². The van der Waals surface area contributed by atoms with Gasteiger partial charge in [0.2, 0.25) is 0 Å².